The number of ether oxygens (including phenoxy) is 1. The molecule has 0 aromatic rings. The molecule has 0 radical (unpaired) electrons. The highest BCUT2D eigenvalue weighted by molar-refractivity contribution is 5.06. The Morgan fingerprint density at radius 1 is 1.56 bits per heavy atom. The molecule has 1 aliphatic carbocycles. The molecule has 0 heterocycles. The first-order chi connectivity index (χ1) is 4.14. The lowest BCUT2D eigenvalue weighted by Crippen LogP contribution is -1.96. The van der Waals surface area contributed by atoms with Crippen molar-refractivity contribution in [2.24, 2.45) is 11.3 Å². The van der Waals surface area contributed by atoms with Crippen molar-refractivity contribution < 1.29 is 9.84 Å². The Hall–Kier alpha value is -0.0800. The highest BCUT2D eigenvalue weighted by Gasteiger charge is 2.57. The molecule has 0 unspecified atom stereocenters. The third-order valence-electron chi connectivity index (χ3n) is 2.40. The summed E-state index contributed by atoms with van der Waals surface area (Å²) in [4.78, 5) is 0. The number of aliphatic hydroxyl groups is 1. The highest BCUT2D eigenvalue weighted by atomic mass is 16.5. The number of rotatable bonds is 2. The number of hydrogen-bond acceptors (Lipinski definition) is 2. The third-order valence-corrected chi connectivity index (χ3v) is 2.40. The van der Waals surface area contributed by atoms with Crippen LogP contribution in [0.5, 0.6) is 0 Å². The summed E-state index contributed by atoms with van der Waals surface area (Å²) in [5, 5.41) is 8.76. The topological polar surface area (TPSA) is 29.5 Å². The first-order valence-corrected chi connectivity index (χ1v) is 3.28. The standard InChI is InChI=1S/C7H14O2/c1-7(2)5(4-8)6(7)9-3/h5-6,8H,4H2,1-3H3/t5-,6+/m1/s1. The highest BCUT2D eigenvalue weighted by Crippen LogP contribution is 2.53. The van der Waals surface area contributed by atoms with Gasteiger partial charge in [-0.05, 0) is 5.41 Å². The molecule has 0 saturated heterocycles. The van der Waals surface area contributed by atoms with Crippen LogP contribution in [0.3, 0.4) is 0 Å². The second-order valence-corrected chi connectivity index (χ2v) is 3.27. The second-order valence-electron chi connectivity index (χ2n) is 3.27. The van der Waals surface area contributed by atoms with Gasteiger partial charge in [-0.15, -0.1) is 0 Å². The van der Waals surface area contributed by atoms with Crippen molar-refractivity contribution in [3.8, 4) is 0 Å². The average Bonchev–Trinajstić information content (AvgIpc) is 2.32. The Bertz CT molecular complexity index is 97.5. The van der Waals surface area contributed by atoms with Gasteiger partial charge >= 0.3 is 0 Å². The van der Waals surface area contributed by atoms with Gasteiger partial charge in [-0.25, -0.2) is 0 Å². The summed E-state index contributed by atoms with van der Waals surface area (Å²) in [7, 11) is 1.70. The minimum Gasteiger partial charge on any atom is -0.396 e. The van der Waals surface area contributed by atoms with Crippen molar-refractivity contribution in [1.82, 2.24) is 0 Å². The maximum atomic E-state index is 8.76. The van der Waals surface area contributed by atoms with Gasteiger partial charge in [0, 0.05) is 19.6 Å². The molecule has 0 amide bonds. The van der Waals surface area contributed by atoms with E-state index in [0.29, 0.717) is 5.92 Å². The van der Waals surface area contributed by atoms with Crippen LogP contribution in [0.15, 0.2) is 0 Å². The molecule has 0 spiro atoms. The molecule has 9 heavy (non-hydrogen) atoms. The maximum absolute atomic E-state index is 8.76. The Kier molecular flexibility index (Phi) is 1.53. The van der Waals surface area contributed by atoms with Crippen molar-refractivity contribution in [3.05, 3.63) is 0 Å². The van der Waals surface area contributed by atoms with Crippen LogP contribution in [-0.4, -0.2) is 24.9 Å². The lowest BCUT2D eigenvalue weighted by molar-refractivity contribution is 0.139. The van der Waals surface area contributed by atoms with Gasteiger partial charge < -0.3 is 9.84 Å². The molecule has 54 valence electrons. The summed E-state index contributed by atoms with van der Waals surface area (Å²) in [6.45, 7) is 4.48. The van der Waals surface area contributed by atoms with Gasteiger partial charge in [0.2, 0.25) is 0 Å². The van der Waals surface area contributed by atoms with Crippen LogP contribution in [0.2, 0.25) is 0 Å². The molecule has 1 fully saturated rings. The smallest absolute Gasteiger partial charge is 0.0682 e. The Morgan fingerprint density at radius 2 is 2.11 bits per heavy atom. The van der Waals surface area contributed by atoms with Crippen LogP contribution < -0.4 is 0 Å². The van der Waals surface area contributed by atoms with E-state index in [0.717, 1.165) is 0 Å². The SMILES string of the molecule is CO[C@H]1[C@@H](CO)C1(C)C. The molecule has 1 rings (SSSR count). The van der Waals surface area contributed by atoms with Gasteiger partial charge in [-0.2, -0.15) is 0 Å². The molecule has 2 atom stereocenters. The van der Waals surface area contributed by atoms with Gasteiger partial charge in [-0.3, -0.25) is 0 Å². The zero-order chi connectivity index (χ0) is 7.07. The molecule has 0 bridgehead atoms. The summed E-state index contributed by atoms with van der Waals surface area (Å²) >= 11 is 0. The second kappa shape index (κ2) is 1.96. The molecule has 0 aromatic carbocycles. The molecule has 2 heteroatoms. The first kappa shape index (κ1) is 7.03. The fraction of sp³-hybridized carbons (Fsp3) is 1.00. The van der Waals surface area contributed by atoms with E-state index in [2.05, 4.69) is 13.8 Å². The van der Waals surface area contributed by atoms with Gasteiger partial charge in [-0.1, -0.05) is 13.8 Å². The lowest BCUT2D eigenvalue weighted by Gasteiger charge is -1.97. The van der Waals surface area contributed by atoms with Crippen LogP contribution >= 0.6 is 0 Å². The van der Waals surface area contributed by atoms with Crippen LogP contribution in [0.25, 0.3) is 0 Å². The van der Waals surface area contributed by atoms with Gasteiger partial charge in [0.15, 0.2) is 0 Å². The van der Waals surface area contributed by atoms with Crippen molar-refractivity contribution in [1.29, 1.82) is 0 Å². The Labute approximate surface area is 55.8 Å². The predicted octanol–water partition coefficient (Wildman–Crippen LogP) is 0.650. The van der Waals surface area contributed by atoms with Gasteiger partial charge in [0.05, 0.1) is 6.10 Å². The summed E-state index contributed by atoms with van der Waals surface area (Å²) in [6.07, 6.45) is 0.280. The van der Waals surface area contributed by atoms with Crippen LogP contribution in [-0.2, 0) is 4.74 Å². The van der Waals surface area contributed by atoms with Crippen molar-refractivity contribution in [2.75, 3.05) is 13.7 Å². The molecule has 1 aliphatic rings. The maximum Gasteiger partial charge on any atom is 0.0682 e. The van der Waals surface area contributed by atoms with Crippen LogP contribution in [0.4, 0.5) is 0 Å². The molecule has 0 aromatic heterocycles. The fourth-order valence-corrected chi connectivity index (χ4v) is 1.49. The quantitative estimate of drug-likeness (QED) is 0.594. The average molecular weight is 130 g/mol. The minimum absolute atomic E-state index is 0.212. The lowest BCUT2D eigenvalue weighted by atomic mass is 10.1. The van der Waals surface area contributed by atoms with Crippen LogP contribution in [0, 0.1) is 11.3 Å². The van der Waals surface area contributed by atoms with Crippen molar-refractivity contribution >= 4 is 0 Å². The summed E-state index contributed by atoms with van der Waals surface area (Å²) in [6, 6.07) is 0. The zero-order valence-corrected chi connectivity index (χ0v) is 6.22. The van der Waals surface area contributed by atoms with E-state index >= 15 is 0 Å². The third kappa shape index (κ3) is 0.864. The van der Waals surface area contributed by atoms with Crippen LogP contribution in [0.1, 0.15) is 13.8 Å². The Morgan fingerprint density at radius 3 is 2.22 bits per heavy atom. The molecule has 1 N–H and O–H groups in total. The monoisotopic (exact) mass is 130 g/mol. The van der Waals surface area contributed by atoms with E-state index in [1.807, 2.05) is 0 Å². The molecule has 2 nitrogen and oxygen atoms in total. The van der Waals surface area contributed by atoms with E-state index in [1.165, 1.54) is 0 Å². The minimum atomic E-state index is 0.212. The summed E-state index contributed by atoms with van der Waals surface area (Å²) in [5.41, 5.74) is 0.212. The van der Waals surface area contributed by atoms with E-state index in [1.54, 1.807) is 7.11 Å². The van der Waals surface area contributed by atoms with Crippen molar-refractivity contribution in [2.45, 2.75) is 20.0 Å². The first-order valence-electron chi connectivity index (χ1n) is 3.28. The summed E-state index contributed by atoms with van der Waals surface area (Å²) in [5.74, 6) is 0.363. The molecule has 0 aliphatic heterocycles. The van der Waals surface area contributed by atoms with Crippen molar-refractivity contribution in [3.63, 3.8) is 0 Å². The molecular weight excluding hydrogens is 116 g/mol. The predicted molar refractivity (Wildman–Crippen MR) is 35.2 cm³/mol. The van der Waals surface area contributed by atoms with Gasteiger partial charge in [0.25, 0.3) is 0 Å². The largest absolute Gasteiger partial charge is 0.396 e. The van der Waals surface area contributed by atoms with E-state index < -0.39 is 0 Å². The number of methoxy groups -OCH3 is 1. The Balaban J connectivity index is 2.45. The number of hydrogen-bond donors (Lipinski definition) is 1. The van der Waals surface area contributed by atoms with E-state index in [-0.39, 0.29) is 18.1 Å². The molecule has 1 saturated carbocycles. The number of aliphatic hydroxyl groups excluding tert-OH is 1. The molecular formula is C7H14O2. The van der Waals surface area contributed by atoms with E-state index in [9.17, 15) is 0 Å². The zero-order valence-electron chi connectivity index (χ0n) is 6.22. The van der Waals surface area contributed by atoms with E-state index in [4.69, 9.17) is 9.84 Å². The van der Waals surface area contributed by atoms with Gasteiger partial charge in [0.1, 0.15) is 0 Å². The fourth-order valence-electron chi connectivity index (χ4n) is 1.49. The normalized spacial score (nSPS) is 38.7. The summed E-state index contributed by atoms with van der Waals surface area (Å²) < 4.78 is 5.12.